The van der Waals surface area contributed by atoms with Crippen molar-refractivity contribution in [2.24, 2.45) is 5.16 Å². The molecule has 0 radical (unpaired) electrons. The molecule has 1 aromatic heterocycles. The summed E-state index contributed by atoms with van der Waals surface area (Å²) in [6, 6.07) is 10.2. The molecule has 1 atom stereocenters. The molecule has 1 N–H and O–H groups in total. The van der Waals surface area contributed by atoms with Crippen LogP contribution in [0.4, 0.5) is 5.82 Å². The van der Waals surface area contributed by atoms with E-state index in [4.69, 9.17) is 16.4 Å². The van der Waals surface area contributed by atoms with Gasteiger partial charge in [-0.2, -0.15) is 0 Å². The Kier molecular flexibility index (Phi) is 5.58. The number of hydrogen-bond acceptors (Lipinski definition) is 6. The highest BCUT2D eigenvalue weighted by Crippen LogP contribution is 2.29. The number of carbonyl (C=O) groups is 2. The Bertz CT molecular complexity index is 998. The van der Waals surface area contributed by atoms with E-state index in [1.807, 2.05) is 0 Å². The van der Waals surface area contributed by atoms with Crippen LogP contribution >= 0.6 is 11.6 Å². The first-order valence-electron chi connectivity index (χ1n) is 9.95. The van der Waals surface area contributed by atoms with Gasteiger partial charge in [-0.05, 0) is 57.5 Å². The SMILES string of the molecule is CC1(C)ON=C(c2ccc(C(=O)N(c3ncccc3Cl)[C@@H]3CCCNC3)cc2)C1=O. The van der Waals surface area contributed by atoms with Crippen molar-refractivity contribution in [3.8, 4) is 0 Å². The standard InChI is InChI=1S/C22H23ClN4O3/c1-22(2)19(28)18(26-30-22)14-7-9-15(10-8-14)21(29)27(16-5-3-11-24-13-16)20-17(23)6-4-12-25-20/h4,6-10,12,16,24H,3,5,11,13H2,1-2H3/t16-/m1/s1. The van der Waals surface area contributed by atoms with Gasteiger partial charge < -0.3 is 10.2 Å². The average molecular weight is 427 g/mol. The maximum atomic E-state index is 13.5. The monoisotopic (exact) mass is 426 g/mol. The fourth-order valence-corrected chi connectivity index (χ4v) is 3.88. The van der Waals surface area contributed by atoms with Gasteiger partial charge in [-0.15, -0.1) is 0 Å². The summed E-state index contributed by atoms with van der Waals surface area (Å²) in [6.07, 6.45) is 3.46. The fourth-order valence-electron chi connectivity index (χ4n) is 3.66. The van der Waals surface area contributed by atoms with Crippen LogP contribution in [0.3, 0.4) is 0 Å². The minimum absolute atomic E-state index is 0.0479. The van der Waals surface area contributed by atoms with Crippen LogP contribution in [0.2, 0.25) is 5.02 Å². The molecule has 3 heterocycles. The van der Waals surface area contributed by atoms with Crippen LogP contribution in [0.5, 0.6) is 0 Å². The van der Waals surface area contributed by atoms with Crippen LogP contribution in [0.1, 0.15) is 42.6 Å². The Hall–Kier alpha value is -2.77. The Balaban J connectivity index is 1.63. The number of rotatable bonds is 4. The van der Waals surface area contributed by atoms with Crippen LogP contribution in [-0.2, 0) is 9.63 Å². The van der Waals surface area contributed by atoms with Gasteiger partial charge in [0.05, 0.1) is 11.1 Å². The van der Waals surface area contributed by atoms with Gasteiger partial charge >= 0.3 is 0 Å². The van der Waals surface area contributed by atoms with Crippen LogP contribution < -0.4 is 10.2 Å². The third-order valence-electron chi connectivity index (χ3n) is 5.35. The first-order chi connectivity index (χ1) is 14.4. The highest BCUT2D eigenvalue weighted by Gasteiger charge is 2.40. The number of pyridine rings is 1. The highest BCUT2D eigenvalue weighted by atomic mass is 35.5. The summed E-state index contributed by atoms with van der Waals surface area (Å²) >= 11 is 6.38. The second-order valence-electron chi connectivity index (χ2n) is 7.93. The molecule has 7 nitrogen and oxygen atoms in total. The molecule has 0 spiro atoms. The van der Waals surface area contributed by atoms with Crippen molar-refractivity contribution in [3.05, 3.63) is 58.7 Å². The maximum absolute atomic E-state index is 13.5. The molecule has 0 unspecified atom stereocenters. The zero-order valence-electron chi connectivity index (χ0n) is 16.9. The van der Waals surface area contributed by atoms with E-state index in [1.165, 1.54) is 0 Å². The predicted molar refractivity (Wildman–Crippen MR) is 115 cm³/mol. The van der Waals surface area contributed by atoms with Crippen molar-refractivity contribution in [2.75, 3.05) is 18.0 Å². The molecular weight excluding hydrogens is 404 g/mol. The molecule has 1 aromatic carbocycles. The highest BCUT2D eigenvalue weighted by molar-refractivity contribution is 6.49. The average Bonchev–Trinajstić information content (AvgIpc) is 3.03. The van der Waals surface area contributed by atoms with Crippen molar-refractivity contribution in [3.63, 3.8) is 0 Å². The number of oxime groups is 1. The summed E-state index contributed by atoms with van der Waals surface area (Å²) in [7, 11) is 0. The zero-order chi connectivity index (χ0) is 21.3. The number of nitrogens with zero attached hydrogens (tertiary/aromatic N) is 3. The quantitative estimate of drug-likeness (QED) is 0.811. The van der Waals surface area contributed by atoms with Crippen molar-refractivity contribution in [1.82, 2.24) is 10.3 Å². The molecule has 2 aromatic rings. The number of anilines is 1. The molecule has 0 aliphatic carbocycles. The van der Waals surface area contributed by atoms with E-state index >= 15 is 0 Å². The summed E-state index contributed by atoms with van der Waals surface area (Å²) in [5, 5.41) is 7.68. The van der Waals surface area contributed by atoms with Crippen LogP contribution in [0.15, 0.2) is 47.8 Å². The van der Waals surface area contributed by atoms with E-state index < -0.39 is 5.60 Å². The Morgan fingerprint density at radius 2 is 2.03 bits per heavy atom. The Morgan fingerprint density at radius 3 is 2.63 bits per heavy atom. The molecule has 1 amide bonds. The molecule has 156 valence electrons. The molecule has 1 fully saturated rings. The Labute approximate surface area is 180 Å². The van der Waals surface area contributed by atoms with Crippen LogP contribution in [-0.4, -0.2) is 47.1 Å². The van der Waals surface area contributed by atoms with E-state index in [9.17, 15) is 9.59 Å². The second kappa shape index (κ2) is 8.16. The first-order valence-corrected chi connectivity index (χ1v) is 10.3. The lowest BCUT2D eigenvalue weighted by molar-refractivity contribution is -0.128. The number of Topliss-reactive ketones (excluding diaryl/α,β-unsaturated/α-hetero) is 1. The molecule has 0 saturated carbocycles. The van der Waals surface area contributed by atoms with Crippen molar-refractivity contribution >= 4 is 34.8 Å². The lowest BCUT2D eigenvalue weighted by atomic mass is 9.95. The van der Waals surface area contributed by atoms with Crippen LogP contribution in [0, 0.1) is 0 Å². The number of benzene rings is 1. The zero-order valence-corrected chi connectivity index (χ0v) is 17.6. The molecule has 4 rings (SSSR count). The van der Waals surface area contributed by atoms with E-state index in [0.29, 0.717) is 28.5 Å². The molecule has 8 heteroatoms. The molecule has 2 aliphatic heterocycles. The van der Waals surface area contributed by atoms with E-state index in [1.54, 1.807) is 61.3 Å². The molecule has 1 saturated heterocycles. The maximum Gasteiger partial charge on any atom is 0.259 e. The number of carbonyl (C=O) groups excluding carboxylic acids is 2. The summed E-state index contributed by atoms with van der Waals surface area (Å²) in [5.74, 6) is 0.0799. The first kappa shape index (κ1) is 20.5. The second-order valence-corrected chi connectivity index (χ2v) is 8.34. The van der Waals surface area contributed by atoms with Gasteiger partial charge in [0.15, 0.2) is 17.1 Å². The number of nitrogens with one attached hydrogen (secondary N) is 1. The van der Waals surface area contributed by atoms with Crippen molar-refractivity contribution in [1.29, 1.82) is 0 Å². The number of piperidine rings is 1. The van der Waals surface area contributed by atoms with Gasteiger partial charge in [-0.25, -0.2) is 4.98 Å². The number of aromatic nitrogens is 1. The minimum Gasteiger partial charge on any atom is -0.381 e. The lowest BCUT2D eigenvalue weighted by Crippen LogP contribution is -2.49. The molecule has 0 bridgehead atoms. The fraction of sp³-hybridized carbons (Fsp3) is 0.364. The van der Waals surface area contributed by atoms with Gasteiger partial charge in [-0.1, -0.05) is 28.9 Å². The molecular formula is C22H23ClN4O3. The van der Waals surface area contributed by atoms with Crippen LogP contribution in [0.25, 0.3) is 0 Å². The van der Waals surface area contributed by atoms with Crippen molar-refractivity contribution < 1.29 is 14.4 Å². The number of hydrogen-bond donors (Lipinski definition) is 1. The number of amides is 1. The third-order valence-corrected chi connectivity index (χ3v) is 5.65. The summed E-state index contributed by atoms with van der Waals surface area (Å²) in [6.45, 7) is 4.96. The van der Waals surface area contributed by atoms with Gasteiger partial charge in [-0.3, -0.25) is 14.5 Å². The number of ketones is 1. The number of halogens is 1. The summed E-state index contributed by atoms with van der Waals surface area (Å²) < 4.78 is 0. The molecule has 2 aliphatic rings. The van der Waals surface area contributed by atoms with Gasteiger partial charge in [0.1, 0.15) is 0 Å². The van der Waals surface area contributed by atoms with E-state index in [0.717, 1.165) is 19.4 Å². The molecule has 30 heavy (non-hydrogen) atoms. The summed E-state index contributed by atoms with van der Waals surface area (Å²) in [4.78, 5) is 37.2. The normalized spacial score (nSPS) is 20.4. The van der Waals surface area contributed by atoms with E-state index in [-0.39, 0.29) is 23.4 Å². The third kappa shape index (κ3) is 3.82. The largest absolute Gasteiger partial charge is 0.381 e. The van der Waals surface area contributed by atoms with Gasteiger partial charge in [0, 0.05) is 23.9 Å². The lowest BCUT2D eigenvalue weighted by Gasteiger charge is -2.34. The van der Waals surface area contributed by atoms with Gasteiger partial charge in [0.2, 0.25) is 5.78 Å². The topological polar surface area (TPSA) is 83.9 Å². The Morgan fingerprint density at radius 1 is 1.27 bits per heavy atom. The smallest absolute Gasteiger partial charge is 0.259 e. The van der Waals surface area contributed by atoms with Gasteiger partial charge in [0.25, 0.3) is 5.91 Å². The minimum atomic E-state index is -0.968. The predicted octanol–water partition coefficient (Wildman–Crippen LogP) is 3.22. The summed E-state index contributed by atoms with van der Waals surface area (Å²) in [5.41, 5.74) is 0.394. The van der Waals surface area contributed by atoms with E-state index in [2.05, 4.69) is 15.5 Å². The van der Waals surface area contributed by atoms with Crippen molar-refractivity contribution in [2.45, 2.75) is 38.3 Å².